The fraction of sp³-hybridized carbons (Fsp3) is 1.00. The molecule has 0 aromatic carbocycles. The summed E-state index contributed by atoms with van der Waals surface area (Å²) in [6, 6.07) is 0.731. The van der Waals surface area contributed by atoms with E-state index in [1.165, 1.54) is 19.3 Å². The Balaban J connectivity index is 2.25. The van der Waals surface area contributed by atoms with Gasteiger partial charge in [-0.1, -0.05) is 6.92 Å². The molecule has 1 unspecified atom stereocenters. The van der Waals surface area contributed by atoms with E-state index < -0.39 is 0 Å². The van der Waals surface area contributed by atoms with Crippen LogP contribution in [0.25, 0.3) is 0 Å². The van der Waals surface area contributed by atoms with Crippen LogP contribution in [0.3, 0.4) is 0 Å². The molecule has 0 spiro atoms. The van der Waals surface area contributed by atoms with E-state index in [1.54, 1.807) is 7.11 Å². The molecule has 2 heteroatoms. The van der Waals surface area contributed by atoms with Gasteiger partial charge in [-0.3, -0.25) is 0 Å². The molecule has 0 aliphatic heterocycles. The average molecular weight is 199 g/mol. The van der Waals surface area contributed by atoms with Gasteiger partial charge in [0.1, 0.15) is 0 Å². The molecule has 0 bridgehead atoms. The normalized spacial score (nSPS) is 19.7. The molecule has 14 heavy (non-hydrogen) atoms. The van der Waals surface area contributed by atoms with Crippen LogP contribution in [0.4, 0.5) is 0 Å². The number of nitrogens with one attached hydrogen (secondary N) is 1. The van der Waals surface area contributed by atoms with E-state index in [4.69, 9.17) is 4.74 Å². The molecule has 1 aliphatic rings. The standard InChI is InChI=1S/C12H25NO/c1-5-13-11(10-6-7-10)8-9-12(2,3)14-4/h10-11,13H,5-9H2,1-4H3. The fourth-order valence-corrected chi connectivity index (χ4v) is 1.87. The Kier molecular flexibility index (Phi) is 4.39. The SMILES string of the molecule is CCNC(CCC(C)(C)OC)C1CC1. The molecule has 0 radical (unpaired) electrons. The van der Waals surface area contributed by atoms with Gasteiger partial charge in [0.05, 0.1) is 5.60 Å². The lowest BCUT2D eigenvalue weighted by Crippen LogP contribution is -2.34. The second kappa shape index (κ2) is 5.13. The number of hydrogen-bond donors (Lipinski definition) is 1. The molecule has 84 valence electrons. The minimum atomic E-state index is 0.0442. The van der Waals surface area contributed by atoms with Crippen LogP contribution < -0.4 is 5.32 Å². The summed E-state index contributed by atoms with van der Waals surface area (Å²) in [5.74, 6) is 0.947. The highest BCUT2D eigenvalue weighted by molar-refractivity contribution is 4.87. The van der Waals surface area contributed by atoms with Gasteiger partial charge in [0.15, 0.2) is 0 Å². The molecule has 1 rings (SSSR count). The third kappa shape index (κ3) is 3.97. The third-order valence-corrected chi connectivity index (χ3v) is 3.27. The van der Waals surface area contributed by atoms with E-state index in [0.717, 1.165) is 24.9 Å². The summed E-state index contributed by atoms with van der Waals surface area (Å²) in [7, 11) is 1.80. The van der Waals surface area contributed by atoms with E-state index >= 15 is 0 Å². The molecule has 0 heterocycles. The van der Waals surface area contributed by atoms with Gasteiger partial charge in [-0.05, 0) is 52.0 Å². The van der Waals surface area contributed by atoms with Crippen LogP contribution in [0.5, 0.6) is 0 Å². The van der Waals surface area contributed by atoms with Crippen molar-refractivity contribution in [3.05, 3.63) is 0 Å². The van der Waals surface area contributed by atoms with Gasteiger partial charge in [0.2, 0.25) is 0 Å². The van der Waals surface area contributed by atoms with E-state index in [2.05, 4.69) is 26.1 Å². The second-order valence-electron chi connectivity index (χ2n) is 5.00. The summed E-state index contributed by atoms with van der Waals surface area (Å²) in [5.41, 5.74) is 0.0442. The van der Waals surface area contributed by atoms with Gasteiger partial charge in [-0.2, -0.15) is 0 Å². The minimum absolute atomic E-state index is 0.0442. The molecule has 2 nitrogen and oxygen atoms in total. The van der Waals surface area contributed by atoms with E-state index in [0.29, 0.717) is 0 Å². The molecule has 1 atom stereocenters. The van der Waals surface area contributed by atoms with Crippen molar-refractivity contribution in [2.24, 2.45) is 5.92 Å². The van der Waals surface area contributed by atoms with E-state index in [9.17, 15) is 0 Å². The molecule has 0 amide bonds. The van der Waals surface area contributed by atoms with Crippen LogP contribution >= 0.6 is 0 Å². The summed E-state index contributed by atoms with van der Waals surface area (Å²) < 4.78 is 5.44. The van der Waals surface area contributed by atoms with E-state index in [-0.39, 0.29) is 5.60 Å². The first-order valence-corrected chi connectivity index (χ1v) is 5.87. The van der Waals surface area contributed by atoms with Crippen LogP contribution in [0.2, 0.25) is 0 Å². The largest absolute Gasteiger partial charge is 0.379 e. The van der Waals surface area contributed by atoms with Gasteiger partial charge in [0, 0.05) is 13.2 Å². The third-order valence-electron chi connectivity index (χ3n) is 3.27. The summed E-state index contributed by atoms with van der Waals surface area (Å²) in [4.78, 5) is 0. The summed E-state index contributed by atoms with van der Waals surface area (Å²) in [6.45, 7) is 7.62. The molecule has 1 aliphatic carbocycles. The number of rotatable bonds is 7. The summed E-state index contributed by atoms with van der Waals surface area (Å²) >= 11 is 0. The van der Waals surface area contributed by atoms with Crippen molar-refractivity contribution in [2.75, 3.05) is 13.7 Å². The van der Waals surface area contributed by atoms with Crippen molar-refractivity contribution in [2.45, 2.75) is 58.1 Å². The highest BCUT2D eigenvalue weighted by atomic mass is 16.5. The fourth-order valence-electron chi connectivity index (χ4n) is 1.87. The Hall–Kier alpha value is -0.0800. The predicted octanol–water partition coefficient (Wildman–Crippen LogP) is 2.58. The lowest BCUT2D eigenvalue weighted by atomic mass is 9.96. The van der Waals surface area contributed by atoms with Gasteiger partial charge >= 0.3 is 0 Å². The minimum Gasteiger partial charge on any atom is -0.379 e. The molecule has 1 saturated carbocycles. The van der Waals surface area contributed by atoms with Crippen LogP contribution in [0.15, 0.2) is 0 Å². The molecule has 0 aromatic heterocycles. The van der Waals surface area contributed by atoms with E-state index in [1.807, 2.05) is 0 Å². The lowest BCUT2D eigenvalue weighted by molar-refractivity contribution is 0.0112. The van der Waals surface area contributed by atoms with Gasteiger partial charge in [-0.25, -0.2) is 0 Å². The maximum atomic E-state index is 5.44. The zero-order valence-corrected chi connectivity index (χ0v) is 10.1. The highest BCUT2D eigenvalue weighted by Gasteiger charge is 2.31. The Bertz CT molecular complexity index is 164. The van der Waals surface area contributed by atoms with Crippen molar-refractivity contribution in [1.29, 1.82) is 0 Å². The smallest absolute Gasteiger partial charge is 0.0623 e. The Labute approximate surface area is 88.4 Å². The molecular weight excluding hydrogens is 174 g/mol. The first kappa shape index (κ1) is 12.0. The van der Waals surface area contributed by atoms with Crippen LogP contribution in [0, 0.1) is 5.92 Å². The van der Waals surface area contributed by atoms with Crippen molar-refractivity contribution in [1.82, 2.24) is 5.32 Å². The Morgan fingerprint density at radius 3 is 2.50 bits per heavy atom. The Morgan fingerprint density at radius 2 is 2.07 bits per heavy atom. The van der Waals surface area contributed by atoms with Gasteiger partial charge in [0.25, 0.3) is 0 Å². The maximum absolute atomic E-state index is 5.44. The monoisotopic (exact) mass is 199 g/mol. The first-order valence-electron chi connectivity index (χ1n) is 5.87. The maximum Gasteiger partial charge on any atom is 0.0623 e. The van der Waals surface area contributed by atoms with Gasteiger partial charge < -0.3 is 10.1 Å². The predicted molar refractivity (Wildman–Crippen MR) is 60.5 cm³/mol. The molecule has 1 N–H and O–H groups in total. The van der Waals surface area contributed by atoms with Crippen molar-refractivity contribution >= 4 is 0 Å². The van der Waals surface area contributed by atoms with Crippen LogP contribution in [0.1, 0.15) is 46.5 Å². The van der Waals surface area contributed by atoms with Crippen LogP contribution in [-0.4, -0.2) is 25.3 Å². The summed E-state index contributed by atoms with van der Waals surface area (Å²) in [6.07, 6.45) is 5.24. The first-order chi connectivity index (χ1) is 6.59. The van der Waals surface area contributed by atoms with Crippen molar-refractivity contribution in [3.63, 3.8) is 0 Å². The van der Waals surface area contributed by atoms with Crippen molar-refractivity contribution in [3.8, 4) is 0 Å². The summed E-state index contributed by atoms with van der Waals surface area (Å²) in [5, 5.41) is 3.59. The number of ether oxygens (including phenoxy) is 1. The quantitative estimate of drug-likeness (QED) is 0.680. The Morgan fingerprint density at radius 1 is 1.43 bits per heavy atom. The molecular formula is C12H25NO. The topological polar surface area (TPSA) is 21.3 Å². The molecule has 0 saturated heterocycles. The zero-order valence-electron chi connectivity index (χ0n) is 10.1. The lowest BCUT2D eigenvalue weighted by Gasteiger charge is -2.26. The number of hydrogen-bond acceptors (Lipinski definition) is 2. The van der Waals surface area contributed by atoms with Crippen molar-refractivity contribution < 1.29 is 4.74 Å². The average Bonchev–Trinajstić information content (AvgIpc) is 2.95. The number of methoxy groups -OCH3 is 1. The molecule has 1 fully saturated rings. The zero-order chi connectivity index (χ0) is 10.6. The van der Waals surface area contributed by atoms with Crippen LogP contribution in [-0.2, 0) is 4.74 Å². The second-order valence-corrected chi connectivity index (χ2v) is 5.00. The highest BCUT2D eigenvalue weighted by Crippen LogP contribution is 2.35. The molecule has 0 aromatic rings. The van der Waals surface area contributed by atoms with Gasteiger partial charge in [-0.15, -0.1) is 0 Å².